The van der Waals surface area contributed by atoms with E-state index in [0.29, 0.717) is 18.8 Å². The molecular weight excluding hydrogens is 262 g/mol. The molecule has 6 heteroatoms. The highest BCUT2D eigenvalue weighted by molar-refractivity contribution is 7.09. The van der Waals surface area contributed by atoms with Gasteiger partial charge in [0.15, 0.2) is 0 Å². The van der Waals surface area contributed by atoms with Gasteiger partial charge >= 0.3 is 0 Å². The Hall–Kier alpha value is -1.95. The number of carbonyl (C=O) groups excluding carboxylic acids is 1. The molecule has 19 heavy (non-hydrogen) atoms. The summed E-state index contributed by atoms with van der Waals surface area (Å²) in [6.07, 6.45) is 3.43. The highest BCUT2D eigenvalue weighted by atomic mass is 32.1. The van der Waals surface area contributed by atoms with Crippen molar-refractivity contribution in [2.24, 2.45) is 0 Å². The maximum Gasteiger partial charge on any atom is 0.273 e. The third-order valence-electron chi connectivity index (χ3n) is 2.91. The molecule has 0 spiro atoms. The van der Waals surface area contributed by atoms with Crippen LogP contribution >= 0.6 is 11.3 Å². The highest BCUT2D eigenvalue weighted by Gasteiger charge is 2.33. The van der Waals surface area contributed by atoms with Crippen LogP contribution < -0.4 is 4.74 Å². The highest BCUT2D eigenvalue weighted by Crippen LogP contribution is 2.19. The molecule has 1 aliphatic rings. The molecular formula is C13H13N3O2S. The minimum atomic E-state index is -0.0182. The largest absolute Gasteiger partial charge is 0.485 e. The number of likely N-dealkylation sites (tertiary alicyclic amines) is 1. The summed E-state index contributed by atoms with van der Waals surface area (Å²) in [6.45, 7) is 3.10. The predicted molar refractivity (Wildman–Crippen MR) is 71.4 cm³/mol. The fourth-order valence-electron chi connectivity index (χ4n) is 1.91. The van der Waals surface area contributed by atoms with Gasteiger partial charge in [-0.2, -0.15) is 0 Å². The maximum absolute atomic E-state index is 12.0. The van der Waals surface area contributed by atoms with Crippen LogP contribution in [0.4, 0.5) is 0 Å². The van der Waals surface area contributed by atoms with Crippen molar-refractivity contribution in [3.63, 3.8) is 0 Å². The molecule has 0 aliphatic carbocycles. The molecule has 0 atom stereocenters. The number of thiazole rings is 1. The summed E-state index contributed by atoms with van der Waals surface area (Å²) in [6, 6.07) is 3.69. The molecule has 1 fully saturated rings. The lowest BCUT2D eigenvalue weighted by Crippen LogP contribution is -2.56. The smallest absolute Gasteiger partial charge is 0.273 e. The normalized spacial score (nSPS) is 15.1. The SMILES string of the molecule is Cc1nc(C(=O)N2CC(Oc3cccnc3)C2)cs1. The lowest BCUT2D eigenvalue weighted by Gasteiger charge is -2.38. The van der Waals surface area contributed by atoms with Crippen molar-refractivity contribution < 1.29 is 9.53 Å². The Morgan fingerprint density at radius 3 is 3.00 bits per heavy atom. The summed E-state index contributed by atoms with van der Waals surface area (Å²) in [7, 11) is 0. The van der Waals surface area contributed by atoms with E-state index in [-0.39, 0.29) is 12.0 Å². The van der Waals surface area contributed by atoms with Gasteiger partial charge in [-0.3, -0.25) is 9.78 Å². The second kappa shape index (κ2) is 4.97. The monoisotopic (exact) mass is 275 g/mol. The van der Waals surface area contributed by atoms with Crippen molar-refractivity contribution in [1.82, 2.24) is 14.9 Å². The molecule has 0 aromatic carbocycles. The molecule has 3 rings (SSSR count). The van der Waals surface area contributed by atoms with Gasteiger partial charge in [0.25, 0.3) is 5.91 Å². The van der Waals surface area contributed by atoms with Crippen LogP contribution in [-0.2, 0) is 0 Å². The first-order valence-corrected chi connectivity index (χ1v) is 6.88. The van der Waals surface area contributed by atoms with E-state index < -0.39 is 0 Å². The number of rotatable bonds is 3. The van der Waals surface area contributed by atoms with E-state index in [9.17, 15) is 4.79 Å². The predicted octanol–water partition coefficient (Wildman–Crippen LogP) is 1.75. The molecule has 98 valence electrons. The van der Waals surface area contributed by atoms with Crippen LogP contribution in [0.15, 0.2) is 29.9 Å². The summed E-state index contributed by atoms with van der Waals surface area (Å²) in [5, 5.41) is 2.71. The molecule has 0 bridgehead atoms. The van der Waals surface area contributed by atoms with Gasteiger partial charge in [0.2, 0.25) is 0 Å². The number of aryl methyl sites for hydroxylation is 1. The number of amides is 1. The van der Waals surface area contributed by atoms with Crippen molar-refractivity contribution in [3.8, 4) is 5.75 Å². The molecule has 0 saturated carbocycles. The number of hydrogen-bond donors (Lipinski definition) is 0. The Balaban J connectivity index is 1.54. The van der Waals surface area contributed by atoms with Gasteiger partial charge < -0.3 is 9.64 Å². The molecule has 5 nitrogen and oxygen atoms in total. The quantitative estimate of drug-likeness (QED) is 0.856. The third-order valence-corrected chi connectivity index (χ3v) is 3.68. The van der Waals surface area contributed by atoms with Crippen molar-refractivity contribution >= 4 is 17.2 Å². The van der Waals surface area contributed by atoms with Gasteiger partial charge in [0.05, 0.1) is 24.3 Å². The fourth-order valence-corrected chi connectivity index (χ4v) is 2.50. The van der Waals surface area contributed by atoms with Crippen LogP contribution in [0.3, 0.4) is 0 Å². The molecule has 2 aromatic rings. The Morgan fingerprint density at radius 1 is 1.53 bits per heavy atom. The fraction of sp³-hybridized carbons (Fsp3) is 0.308. The van der Waals surface area contributed by atoms with E-state index in [4.69, 9.17) is 4.74 Å². The summed E-state index contributed by atoms with van der Waals surface area (Å²) < 4.78 is 5.70. The zero-order chi connectivity index (χ0) is 13.2. The van der Waals surface area contributed by atoms with Crippen molar-refractivity contribution in [3.05, 3.63) is 40.6 Å². The van der Waals surface area contributed by atoms with Gasteiger partial charge in [-0.25, -0.2) is 4.98 Å². The van der Waals surface area contributed by atoms with Gasteiger partial charge in [-0.1, -0.05) is 0 Å². The van der Waals surface area contributed by atoms with Gasteiger partial charge in [-0.15, -0.1) is 11.3 Å². The minimum absolute atomic E-state index is 0.0182. The van der Waals surface area contributed by atoms with E-state index >= 15 is 0 Å². The number of hydrogen-bond acceptors (Lipinski definition) is 5. The van der Waals surface area contributed by atoms with Crippen LogP contribution in [0.2, 0.25) is 0 Å². The van der Waals surface area contributed by atoms with E-state index in [0.717, 1.165) is 10.8 Å². The average Bonchev–Trinajstić information content (AvgIpc) is 2.80. The number of aromatic nitrogens is 2. The Labute approximate surface area is 114 Å². The van der Waals surface area contributed by atoms with E-state index in [1.54, 1.807) is 22.7 Å². The van der Waals surface area contributed by atoms with E-state index in [2.05, 4.69) is 9.97 Å². The molecule has 1 aliphatic heterocycles. The lowest BCUT2D eigenvalue weighted by molar-refractivity contribution is 0.0172. The number of carbonyl (C=O) groups is 1. The summed E-state index contributed by atoms with van der Waals surface area (Å²) in [5.41, 5.74) is 0.530. The van der Waals surface area contributed by atoms with Crippen molar-refractivity contribution in [2.45, 2.75) is 13.0 Å². The zero-order valence-corrected chi connectivity index (χ0v) is 11.3. The Bertz CT molecular complexity index is 579. The van der Waals surface area contributed by atoms with E-state index in [1.807, 2.05) is 19.1 Å². The average molecular weight is 275 g/mol. The molecule has 0 unspecified atom stereocenters. The van der Waals surface area contributed by atoms with Crippen LogP contribution in [0.1, 0.15) is 15.5 Å². The van der Waals surface area contributed by atoms with Gasteiger partial charge in [0, 0.05) is 11.6 Å². The molecule has 0 radical (unpaired) electrons. The summed E-state index contributed by atoms with van der Waals surface area (Å²) in [4.78, 5) is 22.0. The second-order valence-electron chi connectivity index (χ2n) is 4.39. The summed E-state index contributed by atoms with van der Waals surface area (Å²) >= 11 is 1.49. The first kappa shape index (κ1) is 12.1. The third kappa shape index (κ3) is 2.58. The van der Waals surface area contributed by atoms with Crippen LogP contribution in [0, 0.1) is 6.92 Å². The molecule has 2 aromatic heterocycles. The van der Waals surface area contributed by atoms with Crippen molar-refractivity contribution in [1.29, 1.82) is 0 Å². The minimum Gasteiger partial charge on any atom is -0.485 e. The maximum atomic E-state index is 12.0. The second-order valence-corrected chi connectivity index (χ2v) is 5.45. The Kier molecular flexibility index (Phi) is 3.16. The first-order valence-electron chi connectivity index (χ1n) is 6.00. The number of ether oxygens (including phenoxy) is 1. The number of nitrogens with zero attached hydrogens (tertiary/aromatic N) is 3. The standard InChI is InChI=1S/C13H13N3O2S/c1-9-15-12(8-19-9)13(17)16-6-11(7-16)18-10-3-2-4-14-5-10/h2-5,8,11H,6-7H2,1H3. The zero-order valence-electron chi connectivity index (χ0n) is 10.4. The number of pyridine rings is 1. The summed E-state index contributed by atoms with van der Waals surface area (Å²) in [5.74, 6) is 0.722. The topological polar surface area (TPSA) is 55.3 Å². The molecule has 1 amide bonds. The lowest BCUT2D eigenvalue weighted by atomic mass is 10.1. The molecule has 3 heterocycles. The molecule has 1 saturated heterocycles. The Morgan fingerprint density at radius 2 is 2.37 bits per heavy atom. The van der Waals surface area contributed by atoms with E-state index in [1.165, 1.54) is 11.3 Å². The first-order chi connectivity index (χ1) is 9.22. The van der Waals surface area contributed by atoms with Crippen LogP contribution in [0.5, 0.6) is 5.75 Å². The van der Waals surface area contributed by atoms with Crippen molar-refractivity contribution in [2.75, 3.05) is 13.1 Å². The van der Waals surface area contributed by atoms with Gasteiger partial charge in [0.1, 0.15) is 17.5 Å². The van der Waals surface area contributed by atoms with Gasteiger partial charge in [-0.05, 0) is 19.1 Å². The van der Waals surface area contributed by atoms with Crippen LogP contribution in [-0.4, -0.2) is 40.0 Å². The molecule has 0 N–H and O–H groups in total. The van der Waals surface area contributed by atoms with Crippen LogP contribution in [0.25, 0.3) is 0 Å².